The Kier molecular flexibility index (Phi) is 6.50. The van der Waals surface area contributed by atoms with E-state index in [-0.39, 0.29) is 48.0 Å². The first-order valence-corrected chi connectivity index (χ1v) is 12.9. The lowest BCUT2D eigenvalue weighted by Crippen LogP contribution is -2.57. The molecule has 3 unspecified atom stereocenters. The van der Waals surface area contributed by atoms with Crippen LogP contribution in [0.25, 0.3) is 0 Å². The van der Waals surface area contributed by atoms with Crippen molar-refractivity contribution < 1.29 is 39.5 Å². The molecule has 0 bridgehead atoms. The molecule has 4 aliphatic carbocycles. The van der Waals surface area contributed by atoms with Crippen molar-refractivity contribution in [3.8, 4) is 5.75 Å². The highest BCUT2D eigenvalue weighted by Gasteiger charge is 2.58. The van der Waals surface area contributed by atoms with Gasteiger partial charge in [0.15, 0.2) is 11.4 Å². The maximum absolute atomic E-state index is 13.9. The minimum atomic E-state index is -2.35. The Morgan fingerprint density at radius 3 is 2.51 bits per heavy atom. The second-order valence-electron chi connectivity index (χ2n) is 10.8. The summed E-state index contributed by atoms with van der Waals surface area (Å²) in [6, 6.07) is 1.84. The standard InChI is InChI=1S/C28H33NO8/c1-13-7-15(12-37-17-5-3-2-4-6-17)24(32)22-18(13)9-14-8-16-10-20(31)23(27(29)35)26(34)28(16,36)19(11-30)21(14)25(22)33/h7,14,16-17,30-32,36H,2-6,8-12H2,1H3,(H2,29,35). The molecule has 0 aliphatic heterocycles. The number of aliphatic hydroxyl groups excluding tert-OH is 2. The Hall–Kier alpha value is -3.01. The largest absolute Gasteiger partial charge is 0.511 e. The van der Waals surface area contributed by atoms with Crippen molar-refractivity contribution in [1.29, 1.82) is 0 Å². The number of aliphatic hydroxyl groups is 3. The number of hydrogen-bond donors (Lipinski definition) is 5. The maximum atomic E-state index is 13.9. The van der Waals surface area contributed by atoms with Crippen molar-refractivity contribution in [3.63, 3.8) is 0 Å². The molecule has 0 heterocycles. The lowest BCUT2D eigenvalue weighted by atomic mass is 9.57. The minimum Gasteiger partial charge on any atom is -0.511 e. The van der Waals surface area contributed by atoms with Crippen LogP contribution in [0.4, 0.5) is 0 Å². The monoisotopic (exact) mass is 511 g/mol. The van der Waals surface area contributed by atoms with Crippen LogP contribution in [-0.4, -0.2) is 56.2 Å². The van der Waals surface area contributed by atoms with Gasteiger partial charge in [-0.2, -0.15) is 0 Å². The molecule has 9 heteroatoms. The van der Waals surface area contributed by atoms with Gasteiger partial charge in [0.05, 0.1) is 24.9 Å². The highest BCUT2D eigenvalue weighted by atomic mass is 16.5. The second kappa shape index (κ2) is 9.38. The number of carbonyl (C=O) groups is 3. The Morgan fingerprint density at radius 1 is 1.16 bits per heavy atom. The number of ketones is 2. The number of amides is 1. The molecule has 6 N–H and O–H groups in total. The number of aromatic hydroxyl groups is 1. The molecular formula is C28H33NO8. The van der Waals surface area contributed by atoms with Gasteiger partial charge < -0.3 is 30.9 Å². The van der Waals surface area contributed by atoms with Gasteiger partial charge in [-0.1, -0.05) is 19.3 Å². The molecule has 0 saturated heterocycles. The zero-order valence-corrected chi connectivity index (χ0v) is 20.9. The summed E-state index contributed by atoms with van der Waals surface area (Å²) in [5, 5.41) is 43.5. The van der Waals surface area contributed by atoms with E-state index < -0.39 is 52.8 Å². The molecule has 5 rings (SSSR count). The van der Waals surface area contributed by atoms with Crippen LogP contribution in [0.15, 0.2) is 28.5 Å². The Balaban J connectivity index is 1.57. The molecule has 198 valence electrons. The van der Waals surface area contributed by atoms with Crippen LogP contribution in [0.5, 0.6) is 5.75 Å². The third-order valence-corrected chi connectivity index (χ3v) is 8.72. The first-order chi connectivity index (χ1) is 17.6. The highest BCUT2D eigenvalue weighted by molar-refractivity contribution is 6.24. The van der Waals surface area contributed by atoms with E-state index >= 15 is 0 Å². The fourth-order valence-corrected chi connectivity index (χ4v) is 6.86. The van der Waals surface area contributed by atoms with Gasteiger partial charge in [0.25, 0.3) is 5.91 Å². The Morgan fingerprint density at radius 2 is 1.86 bits per heavy atom. The number of fused-ring (bicyclic) bond motifs is 3. The SMILES string of the molecule is Cc1cc(COC2CCCCC2)c(O)c2c1CC1CC3CC(O)=C(C(N)=O)C(=O)C3(O)C(CO)=C1C2=O. The molecule has 1 saturated carbocycles. The lowest BCUT2D eigenvalue weighted by molar-refractivity contribution is -0.141. The summed E-state index contributed by atoms with van der Waals surface area (Å²) in [7, 11) is 0. The smallest absolute Gasteiger partial charge is 0.255 e. The average molecular weight is 512 g/mol. The van der Waals surface area contributed by atoms with Gasteiger partial charge in [0.2, 0.25) is 5.78 Å². The van der Waals surface area contributed by atoms with Gasteiger partial charge >= 0.3 is 0 Å². The van der Waals surface area contributed by atoms with Gasteiger partial charge in [0, 0.05) is 29.0 Å². The van der Waals surface area contributed by atoms with E-state index in [0.29, 0.717) is 17.5 Å². The fourth-order valence-electron chi connectivity index (χ4n) is 6.86. The number of Topliss-reactive ketones (excluding diaryl/α,β-unsaturated/α-hetero) is 2. The van der Waals surface area contributed by atoms with Crippen LogP contribution in [0.3, 0.4) is 0 Å². The van der Waals surface area contributed by atoms with Crippen LogP contribution < -0.4 is 5.73 Å². The molecule has 37 heavy (non-hydrogen) atoms. The zero-order chi connectivity index (χ0) is 26.6. The normalized spacial score (nSPS) is 28.2. The summed E-state index contributed by atoms with van der Waals surface area (Å²) >= 11 is 0. The van der Waals surface area contributed by atoms with Crippen LogP contribution in [0.1, 0.15) is 72.0 Å². The van der Waals surface area contributed by atoms with E-state index in [1.54, 1.807) is 0 Å². The molecule has 0 spiro atoms. The van der Waals surface area contributed by atoms with Crippen molar-refractivity contribution in [2.75, 3.05) is 6.61 Å². The van der Waals surface area contributed by atoms with Crippen LogP contribution in [-0.2, 0) is 27.4 Å². The van der Waals surface area contributed by atoms with Crippen molar-refractivity contribution in [3.05, 3.63) is 50.8 Å². The average Bonchev–Trinajstić information content (AvgIpc) is 2.86. The van der Waals surface area contributed by atoms with Gasteiger partial charge in [-0.05, 0) is 55.7 Å². The van der Waals surface area contributed by atoms with E-state index in [0.717, 1.165) is 31.2 Å². The number of benzene rings is 1. The van der Waals surface area contributed by atoms with Crippen LogP contribution in [0.2, 0.25) is 0 Å². The predicted octanol–water partition coefficient (Wildman–Crippen LogP) is 2.22. The van der Waals surface area contributed by atoms with Crippen molar-refractivity contribution >= 4 is 17.5 Å². The molecule has 0 aromatic heterocycles. The molecular weight excluding hydrogens is 478 g/mol. The zero-order valence-electron chi connectivity index (χ0n) is 20.9. The summed E-state index contributed by atoms with van der Waals surface area (Å²) in [4.78, 5) is 39.0. The topological polar surface area (TPSA) is 167 Å². The molecule has 0 radical (unpaired) electrons. The Bertz CT molecular complexity index is 1260. The summed E-state index contributed by atoms with van der Waals surface area (Å²) in [5.41, 5.74) is 4.21. The molecule has 1 amide bonds. The molecule has 1 aromatic rings. The molecule has 9 nitrogen and oxygen atoms in total. The number of hydrogen-bond acceptors (Lipinski definition) is 8. The summed E-state index contributed by atoms with van der Waals surface area (Å²) < 4.78 is 6.04. The van der Waals surface area contributed by atoms with Gasteiger partial charge in [0.1, 0.15) is 17.1 Å². The van der Waals surface area contributed by atoms with Crippen molar-refractivity contribution in [1.82, 2.24) is 0 Å². The number of rotatable bonds is 5. The number of ether oxygens (including phenoxy) is 1. The fraction of sp³-hybridized carbons (Fsp3) is 0.536. The number of allylic oxidation sites excluding steroid dienone is 2. The second-order valence-corrected chi connectivity index (χ2v) is 10.8. The quantitative estimate of drug-likeness (QED) is 0.375. The van der Waals surface area contributed by atoms with E-state index in [2.05, 4.69) is 0 Å². The number of aryl methyl sites for hydroxylation is 1. The van der Waals surface area contributed by atoms with Gasteiger partial charge in [-0.25, -0.2) is 0 Å². The number of phenolic OH excluding ortho intramolecular Hbond substituents is 1. The summed E-state index contributed by atoms with van der Waals surface area (Å²) in [5.74, 6) is -4.83. The molecule has 3 atom stereocenters. The third-order valence-electron chi connectivity index (χ3n) is 8.72. The van der Waals surface area contributed by atoms with Gasteiger partial charge in [-0.15, -0.1) is 0 Å². The number of primary amides is 1. The predicted molar refractivity (Wildman–Crippen MR) is 132 cm³/mol. The number of carbonyl (C=O) groups excluding carboxylic acids is 3. The van der Waals surface area contributed by atoms with Crippen LogP contribution >= 0.6 is 0 Å². The van der Waals surface area contributed by atoms with Crippen molar-refractivity contribution in [2.24, 2.45) is 17.6 Å². The number of phenols is 1. The lowest BCUT2D eigenvalue weighted by Gasteiger charge is -2.47. The highest BCUT2D eigenvalue weighted by Crippen LogP contribution is 2.52. The number of nitrogens with two attached hydrogens (primary N) is 1. The van der Waals surface area contributed by atoms with E-state index in [9.17, 15) is 34.8 Å². The molecule has 4 aliphatic rings. The first-order valence-electron chi connectivity index (χ1n) is 12.9. The van der Waals surface area contributed by atoms with Gasteiger partial charge in [-0.3, -0.25) is 14.4 Å². The summed E-state index contributed by atoms with van der Waals surface area (Å²) in [6.07, 6.45) is 5.77. The minimum absolute atomic E-state index is 0.0763. The van der Waals surface area contributed by atoms with E-state index in [1.807, 2.05) is 13.0 Å². The van der Waals surface area contributed by atoms with Crippen molar-refractivity contribution in [2.45, 2.75) is 76.6 Å². The van der Waals surface area contributed by atoms with Crippen LogP contribution in [0, 0.1) is 18.8 Å². The maximum Gasteiger partial charge on any atom is 0.255 e. The third kappa shape index (κ3) is 3.91. The van der Waals surface area contributed by atoms with E-state index in [1.165, 1.54) is 6.42 Å². The molecule has 1 fully saturated rings. The molecule has 1 aromatic carbocycles. The summed E-state index contributed by atoms with van der Waals surface area (Å²) in [6.45, 7) is 1.22. The first kappa shape index (κ1) is 25.6. The Labute approximate surface area is 214 Å². The van der Waals surface area contributed by atoms with E-state index in [4.69, 9.17) is 10.5 Å².